The second kappa shape index (κ2) is 6.95. The number of carbonyl (C=O) groups excluding carboxylic acids is 1. The summed E-state index contributed by atoms with van der Waals surface area (Å²) < 4.78 is 10.7. The summed E-state index contributed by atoms with van der Waals surface area (Å²) in [7, 11) is 0. The molecule has 0 saturated heterocycles. The number of anilines is 1. The molecule has 2 aromatic carbocycles. The highest BCUT2D eigenvalue weighted by molar-refractivity contribution is 5.92. The number of para-hydroxylation sites is 1. The molecule has 6 nitrogen and oxygen atoms in total. The summed E-state index contributed by atoms with van der Waals surface area (Å²) in [5.41, 5.74) is 2.52. The van der Waals surface area contributed by atoms with Crippen molar-refractivity contribution >= 4 is 11.6 Å². The number of aromatic nitrogens is 2. The SMILES string of the molecule is Cc1noc(-c2cccc(OCC(=O)Nc3ccccc3C)c2)n1. The number of nitrogens with zero attached hydrogens (tertiary/aromatic N) is 2. The first-order valence-electron chi connectivity index (χ1n) is 7.51. The van der Waals surface area contributed by atoms with Crippen LogP contribution in [0, 0.1) is 13.8 Å². The number of amides is 1. The van der Waals surface area contributed by atoms with Crippen molar-refractivity contribution < 1.29 is 14.1 Å². The summed E-state index contributed by atoms with van der Waals surface area (Å²) >= 11 is 0. The van der Waals surface area contributed by atoms with Crippen LogP contribution in [-0.2, 0) is 4.79 Å². The molecule has 0 bridgehead atoms. The average Bonchev–Trinajstić information content (AvgIpc) is 3.02. The Bertz CT molecular complexity index is 858. The fraction of sp³-hybridized carbons (Fsp3) is 0.167. The van der Waals surface area contributed by atoms with E-state index in [0.717, 1.165) is 16.8 Å². The van der Waals surface area contributed by atoms with Crippen LogP contribution < -0.4 is 10.1 Å². The fourth-order valence-corrected chi connectivity index (χ4v) is 2.18. The van der Waals surface area contributed by atoms with Gasteiger partial charge < -0.3 is 14.6 Å². The second-order valence-corrected chi connectivity index (χ2v) is 5.33. The highest BCUT2D eigenvalue weighted by Gasteiger charge is 2.09. The summed E-state index contributed by atoms with van der Waals surface area (Å²) in [5, 5.41) is 6.59. The lowest BCUT2D eigenvalue weighted by molar-refractivity contribution is -0.118. The number of aryl methyl sites for hydroxylation is 2. The minimum absolute atomic E-state index is 0.0827. The molecule has 0 aliphatic carbocycles. The van der Waals surface area contributed by atoms with E-state index in [9.17, 15) is 4.79 Å². The van der Waals surface area contributed by atoms with Gasteiger partial charge in [-0.3, -0.25) is 4.79 Å². The monoisotopic (exact) mass is 323 g/mol. The van der Waals surface area contributed by atoms with E-state index >= 15 is 0 Å². The molecule has 1 N–H and O–H groups in total. The van der Waals surface area contributed by atoms with Crippen LogP contribution >= 0.6 is 0 Å². The van der Waals surface area contributed by atoms with Gasteiger partial charge in [-0.2, -0.15) is 4.98 Å². The standard InChI is InChI=1S/C18H17N3O3/c1-12-6-3-4-9-16(12)20-17(22)11-23-15-8-5-7-14(10-15)18-19-13(2)21-24-18/h3-10H,11H2,1-2H3,(H,20,22). The molecule has 0 fully saturated rings. The molecule has 0 unspecified atom stereocenters. The van der Waals surface area contributed by atoms with Crippen LogP contribution in [0.4, 0.5) is 5.69 Å². The van der Waals surface area contributed by atoms with Gasteiger partial charge in [-0.1, -0.05) is 29.4 Å². The van der Waals surface area contributed by atoms with Gasteiger partial charge in [-0.05, 0) is 43.7 Å². The molecule has 3 aromatic rings. The third-order valence-electron chi connectivity index (χ3n) is 3.40. The zero-order chi connectivity index (χ0) is 16.9. The highest BCUT2D eigenvalue weighted by Crippen LogP contribution is 2.22. The van der Waals surface area contributed by atoms with Gasteiger partial charge >= 0.3 is 0 Å². The predicted molar refractivity (Wildman–Crippen MR) is 89.8 cm³/mol. The van der Waals surface area contributed by atoms with E-state index in [4.69, 9.17) is 9.26 Å². The minimum Gasteiger partial charge on any atom is -0.484 e. The zero-order valence-corrected chi connectivity index (χ0v) is 13.4. The topological polar surface area (TPSA) is 77.2 Å². The molecule has 1 aromatic heterocycles. The first kappa shape index (κ1) is 15.7. The first-order valence-corrected chi connectivity index (χ1v) is 7.51. The van der Waals surface area contributed by atoms with Crippen LogP contribution in [0.25, 0.3) is 11.5 Å². The van der Waals surface area contributed by atoms with E-state index in [1.807, 2.05) is 43.3 Å². The largest absolute Gasteiger partial charge is 0.484 e. The van der Waals surface area contributed by atoms with Crippen LogP contribution in [-0.4, -0.2) is 22.7 Å². The zero-order valence-electron chi connectivity index (χ0n) is 13.4. The lowest BCUT2D eigenvalue weighted by atomic mass is 10.2. The molecule has 3 rings (SSSR count). The van der Waals surface area contributed by atoms with Crippen LogP contribution in [0.1, 0.15) is 11.4 Å². The molecule has 0 aliphatic heterocycles. The maximum atomic E-state index is 12.0. The molecule has 1 heterocycles. The lowest BCUT2D eigenvalue weighted by Crippen LogP contribution is -2.20. The Hall–Kier alpha value is -3.15. The summed E-state index contributed by atoms with van der Waals surface area (Å²) in [4.78, 5) is 16.2. The van der Waals surface area contributed by atoms with Crippen LogP contribution in [0.3, 0.4) is 0 Å². The molecule has 6 heteroatoms. The van der Waals surface area contributed by atoms with Gasteiger partial charge in [-0.25, -0.2) is 0 Å². The molecular formula is C18H17N3O3. The number of carbonyl (C=O) groups is 1. The molecule has 0 atom stereocenters. The Morgan fingerprint density at radius 1 is 1.17 bits per heavy atom. The van der Waals surface area contributed by atoms with E-state index in [0.29, 0.717) is 17.5 Å². The lowest BCUT2D eigenvalue weighted by Gasteiger charge is -2.09. The third-order valence-corrected chi connectivity index (χ3v) is 3.40. The number of benzene rings is 2. The normalized spacial score (nSPS) is 10.4. The maximum Gasteiger partial charge on any atom is 0.262 e. The Morgan fingerprint density at radius 3 is 2.75 bits per heavy atom. The third kappa shape index (κ3) is 3.78. The van der Waals surface area contributed by atoms with Crippen LogP contribution in [0.2, 0.25) is 0 Å². The number of rotatable bonds is 5. The maximum absolute atomic E-state index is 12.0. The van der Waals surface area contributed by atoms with Gasteiger partial charge in [0.2, 0.25) is 0 Å². The Morgan fingerprint density at radius 2 is 2.00 bits per heavy atom. The van der Waals surface area contributed by atoms with Gasteiger partial charge in [0.1, 0.15) is 5.75 Å². The predicted octanol–water partition coefficient (Wildman–Crippen LogP) is 3.37. The van der Waals surface area contributed by atoms with Crippen molar-refractivity contribution in [3.05, 3.63) is 59.9 Å². The molecule has 0 saturated carbocycles. The second-order valence-electron chi connectivity index (χ2n) is 5.33. The summed E-state index contributed by atoms with van der Waals surface area (Å²) in [5.74, 6) is 1.32. The molecule has 24 heavy (non-hydrogen) atoms. The fourth-order valence-electron chi connectivity index (χ4n) is 2.18. The quantitative estimate of drug-likeness (QED) is 0.779. The van der Waals surface area contributed by atoms with Crippen molar-refractivity contribution in [2.45, 2.75) is 13.8 Å². The molecule has 1 amide bonds. The number of hydrogen-bond donors (Lipinski definition) is 1. The first-order chi connectivity index (χ1) is 11.6. The van der Waals surface area contributed by atoms with E-state index < -0.39 is 0 Å². The molecule has 0 radical (unpaired) electrons. The Kier molecular flexibility index (Phi) is 4.56. The van der Waals surface area contributed by atoms with E-state index in [-0.39, 0.29) is 12.5 Å². The van der Waals surface area contributed by atoms with Gasteiger partial charge in [0.15, 0.2) is 12.4 Å². The number of ether oxygens (including phenoxy) is 1. The molecule has 0 aliphatic rings. The van der Waals surface area contributed by atoms with Gasteiger partial charge in [0, 0.05) is 11.3 Å². The molecule has 122 valence electrons. The smallest absolute Gasteiger partial charge is 0.262 e. The van der Waals surface area contributed by atoms with Gasteiger partial charge in [0.05, 0.1) is 0 Å². The number of hydrogen-bond acceptors (Lipinski definition) is 5. The molecule has 0 spiro atoms. The van der Waals surface area contributed by atoms with Crippen molar-refractivity contribution in [2.24, 2.45) is 0 Å². The van der Waals surface area contributed by atoms with E-state index in [2.05, 4.69) is 15.5 Å². The van der Waals surface area contributed by atoms with Crippen molar-refractivity contribution in [2.75, 3.05) is 11.9 Å². The minimum atomic E-state index is -0.219. The molecular weight excluding hydrogens is 306 g/mol. The van der Waals surface area contributed by atoms with Gasteiger partial charge in [-0.15, -0.1) is 0 Å². The van der Waals surface area contributed by atoms with E-state index in [1.54, 1.807) is 19.1 Å². The van der Waals surface area contributed by atoms with Gasteiger partial charge in [0.25, 0.3) is 11.8 Å². The van der Waals surface area contributed by atoms with Crippen molar-refractivity contribution in [1.82, 2.24) is 10.1 Å². The van der Waals surface area contributed by atoms with Crippen molar-refractivity contribution in [1.29, 1.82) is 0 Å². The van der Waals surface area contributed by atoms with E-state index in [1.165, 1.54) is 0 Å². The average molecular weight is 323 g/mol. The summed E-state index contributed by atoms with van der Waals surface area (Å²) in [6, 6.07) is 14.8. The van der Waals surface area contributed by atoms with Crippen LogP contribution in [0.15, 0.2) is 53.1 Å². The summed E-state index contributed by atoms with van der Waals surface area (Å²) in [6.45, 7) is 3.61. The highest BCUT2D eigenvalue weighted by atomic mass is 16.5. The van der Waals surface area contributed by atoms with Crippen molar-refractivity contribution in [3.8, 4) is 17.2 Å². The van der Waals surface area contributed by atoms with Crippen LogP contribution in [0.5, 0.6) is 5.75 Å². The van der Waals surface area contributed by atoms with Crippen molar-refractivity contribution in [3.63, 3.8) is 0 Å². The summed E-state index contributed by atoms with van der Waals surface area (Å²) in [6.07, 6.45) is 0. The number of nitrogens with one attached hydrogen (secondary N) is 1. The Labute approximate surface area is 139 Å². The Balaban J connectivity index is 1.62.